The van der Waals surface area contributed by atoms with Gasteiger partial charge in [0.1, 0.15) is 5.82 Å². The van der Waals surface area contributed by atoms with Crippen molar-refractivity contribution in [3.05, 3.63) is 29.6 Å². The smallest absolute Gasteiger partial charge is 0.124 e. The van der Waals surface area contributed by atoms with E-state index in [2.05, 4.69) is 12.2 Å². The van der Waals surface area contributed by atoms with Gasteiger partial charge in [0.2, 0.25) is 0 Å². The molecule has 0 amide bonds. The van der Waals surface area contributed by atoms with E-state index in [-0.39, 0.29) is 5.82 Å². The maximum atomic E-state index is 13.1. The van der Waals surface area contributed by atoms with Crippen LogP contribution in [0.1, 0.15) is 18.9 Å². The van der Waals surface area contributed by atoms with Crippen LogP contribution in [0.25, 0.3) is 0 Å². The largest absolute Gasteiger partial charge is 0.313 e. The van der Waals surface area contributed by atoms with Crippen LogP contribution in [0.2, 0.25) is 0 Å². The summed E-state index contributed by atoms with van der Waals surface area (Å²) in [7, 11) is 0. The predicted molar refractivity (Wildman–Crippen MR) is 60.2 cm³/mol. The lowest BCUT2D eigenvalue weighted by Gasteiger charge is -2.05. The molecule has 0 atom stereocenters. The molecule has 0 bridgehead atoms. The Morgan fingerprint density at radius 1 is 1.36 bits per heavy atom. The molecule has 0 saturated heterocycles. The second kappa shape index (κ2) is 6.04. The summed E-state index contributed by atoms with van der Waals surface area (Å²) in [4.78, 5) is 0.985. The molecule has 1 aromatic carbocycles. The van der Waals surface area contributed by atoms with E-state index in [9.17, 15) is 4.39 Å². The van der Waals surface area contributed by atoms with E-state index in [1.54, 1.807) is 23.9 Å². The van der Waals surface area contributed by atoms with Crippen LogP contribution in [0.3, 0.4) is 0 Å². The van der Waals surface area contributed by atoms with Crippen molar-refractivity contribution in [3.8, 4) is 0 Å². The minimum Gasteiger partial charge on any atom is -0.313 e. The standard InChI is InChI=1S/C11H16FNS/c1-3-4-13-8-9-5-10(12)7-11(6-9)14-2/h5-7,13H,3-4,8H2,1-2H3. The van der Waals surface area contributed by atoms with Gasteiger partial charge in [0.05, 0.1) is 0 Å². The van der Waals surface area contributed by atoms with Gasteiger partial charge in [-0.25, -0.2) is 4.39 Å². The zero-order valence-electron chi connectivity index (χ0n) is 8.64. The molecule has 0 heterocycles. The summed E-state index contributed by atoms with van der Waals surface area (Å²) >= 11 is 1.57. The Morgan fingerprint density at radius 3 is 2.79 bits per heavy atom. The maximum Gasteiger partial charge on any atom is 0.124 e. The van der Waals surface area contributed by atoms with Gasteiger partial charge in [0.25, 0.3) is 0 Å². The Kier molecular flexibility index (Phi) is 4.98. The third kappa shape index (κ3) is 3.68. The Morgan fingerprint density at radius 2 is 2.14 bits per heavy atom. The van der Waals surface area contributed by atoms with E-state index < -0.39 is 0 Å². The van der Waals surface area contributed by atoms with Crippen LogP contribution >= 0.6 is 11.8 Å². The lowest BCUT2D eigenvalue weighted by Crippen LogP contribution is -2.13. The van der Waals surface area contributed by atoms with Crippen LogP contribution in [0.4, 0.5) is 4.39 Å². The topological polar surface area (TPSA) is 12.0 Å². The summed E-state index contributed by atoms with van der Waals surface area (Å²) in [6.45, 7) is 3.84. The molecule has 1 rings (SSSR count). The van der Waals surface area contributed by atoms with Crippen molar-refractivity contribution in [1.29, 1.82) is 0 Å². The van der Waals surface area contributed by atoms with Crippen molar-refractivity contribution in [2.75, 3.05) is 12.8 Å². The molecule has 1 aromatic rings. The third-order valence-electron chi connectivity index (χ3n) is 1.92. The van der Waals surface area contributed by atoms with Crippen molar-refractivity contribution in [3.63, 3.8) is 0 Å². The number of halogens is 1. The average molecular weight is 213 g/mol. The Labute approximate surface area is 89.1 Å². The van der Waals surface area contributed by atoms with E-state index >= 15 is 0 Å². The summed E-state index contributed by atoms with van der Waals surface area (Å²) in [6, 6.07) is 5.17. The van der Waals surface area contributed by atoms with Crippen LogP contribution in [-0.4, -0.2) is 12.8 Å². The fourth-order valence-corrected chi connectivity index (χ4v) is 1.75. The zero-order valence-corrected chi connectivity index (χ0v) is 9.46. The molecule has 0 aliphatic rings. The third-order valence-corrected chi connectivity index (χ3v) is 2.63. The summed E-state index contributed by atoms with van der Waals surface area (Å²) in [5, 5.41) is 3.25. The molecule has 0 saturated carbocycles. The highest BCUT2D eigenvalue weighted by Gasteiger charge is 1.99. The Balaban J connectivity index is 2.62. The molecular weight excluding hydrogens is 197 g/mol. The van der Waals surface area contributed by atoms with Gasteiger partial charge in [0.15, 0.2) is 0 Å². The first kappa shape index (κ1) is 11.5. The van der Waals surface area contributed by atoms with Crippen molar-refractivity contribution in [2.45, 2.75) is 24.8 Å². The lowest BCUT2D eigenvalue weighted by atomic mass is 10.2. The zero-order chi connectivity index (χ0) is 10.4. The molecule has 78 valence electrons. The minimum atomic E-state index is -0.148. The maximum absolute atomic E-state index is 13.1. The number of hydrogen-bond donors (Lipinski definition) is 1. The van der Waals surface area contributed by atoms with Gasteiger partial charge in [-0.15, -0.1) is 11.8 Å². The first-order chi connectivity index (χ1) is 6.76. The predicted octanol–water partition coefficient (Wildman–Crippen LogP) is 3.05. The molecule has 0 aliphatic carbocycles. The number of benzene rings is 1. The summed E-state index contributed by atoms with van der Waals surface area (Å²) < 4.78 is 13.1. The van der Waals surface area contributed by atoms with Gasteiger partial charge >= 0.3 is 0 Å². The number of rotatable bonds is 5. The molecule has 1 N–H and O–H groups in total. The van der Waals surface area contributed by atoms with Gasteiger partial charge in [-0.2, -0.15) is 0 Å². The fraction of sp³-hybridized carbons (Fsp3) is 0.455. The molecule has 3 heteroatoms. The van der Waals surface area contributed by atoms with Crippen LogP contribution in [0, 0.1) is 5.82 Å². The molecule has 14 heavy (non-hydrogen) atoms. The Bertz CT molecular complexity index is 289. The van der Waals surface area contributed by atoms with Crippen molar-refractivity contribution < 1.29 is 4.39 Å². The molecule has 0 radical (unpaired) electrons. The molecule has 1 nitrogen and oxygen atoms in total. The van der Waals surface area contributed by atoms with Crippen LogP contribution in [0.5, 0.6) is 0 Å². The highest BCUT2D eigenvalue weighted by molar-refractivity contribution is 7.98. The minimum absolute atomic E-state index is 0.148. The first-order valence-corrected chi connectivity index (χ1v) is 6.03. The van der Waals surface area contributed by atoms with Gasteiger partial charge in [-0.3, -0.25) is 0 Å². The van der Waals surface area contributed by atoms with E-state index in [1.807, 2.05) is 12.3 Å². The van der Waals surface area contributed by atoms with Crippen LogP contribution in [-0.2, 0) is 6.54 Å². The summed E-state index contributed by atoms with van der Waals surface area (Å²) in [6.07, 6.45) is 3.06. The fourth-order valence-electron chi connectivity index (χ4n) is 1.25. The van der Waals surface area contributed by atoms with Crippen molar-refractivity contribution >= 4 is 11.8 Å². The van der Waals surface area contributed by atoms with Gasteiger partial charge in [-0.1, -0.05) is 6.92 Å². The molecule has 0 fully saturated rings. The molecule has 0 unspecified atom stereocenters. The Hall–Kier alpha value is -0.540. The molecular formula is C11H16FNS. The van der Waals surface area contributed by atoms with Crippen LogP contribution in [0.15, 0.2) is 23.1 Å². The number of thioether (sulfide) groups is 1. The SMILES string of the molecule is CCCNCc1cc(F)cc(SC)c1. The van der Waals surface area contributed by atoms with E-state index in [0.717, 1.165) is 30.0 Å². The van der Waals surface area contributed by atoms with Gasteiger partial charge in [-0.05, 0) is 43.0 Å². The van der Waals surface area contributed by atoms with E-state index in [4.69, 9.17) is 0 Å². The van der Waals surface area contributed by atoms with Crippen molar-refractivity contribution in [1.82, 2.24) is 5.32 Å². The van der Waals surface area contributed by atoms with Crippen molar-refractivity contribution in [2.24, 2.45) is 0 Å². The molecule has 0 spiro atoms. The van der Waals surface area contributed by atoms with Crippen LogP contribution < -0.4 is 5.32 Å². The molecule has 0 aliphatic heterocycles. The van der Waals surface area contributed by atoms with Gasteiger partial charge < -0.3 is 5.32 Å². The average Bonchev–Trinajstić information content (AvgIpc) is 2.17. The number of nitrogens with one attached hydrogen (secondary N) is 1. The molecule has 0 aromatic heterocycles. The normalized spacial score (nSPS) is 10.5. The number of hydrogen-bond acceptors (Lipinski definition) is 2. The quantitative estimate of drug-likeness (QED) is 0.596. The lowest BCUT2D eigenvalue weighted by molar-refractivity contribution is 0.615. The first-order valence-electron chi connectivity index (χ1n) is 4.80. The highest BCUT2D eigenvalue weighted by atomic mass is 32.2. The highest BCUT2D eigenvalue weighted by Crippen LogP contribution is 2.18. The second-order valence-electron chi connectivity index (χ2n) is 3.18. The second-order valence-corrected chi connectivity index (χ2v) is 4.06. The van der Waals surface area contributed by atoms with E-state index in [1.165, 1.54) is 0 Å². The summed E-state index contributed by atoms with van der Waals surface area (Å²) in [5.41, 5.74) is 1.02. The van der Waals surface area contributed by atoms with E-state index in [0.29, 0.717) is 0 Å². The van der Waals surface area contributed by atoms with Gasteiger partial charge in [0, 0.05) is 11.4 Å². The summed E-state index contributed by atoms with van der Waals surface area (Å²) in [5.74, 6) is -0.148. The monoisotopic (exact) mass is 213 g/mol.